The molecule has 0 bridgehead atoms. The number of aryl methyl sites for hydroxylation is 1. The van der Waals surface area contributed by atoms with Gasteiger partial charge in [-0.1, -0.05) is 18.7 Å². The van der Waals surface area contributed by atoms with Gasteiger partial charge >= 0.3 is 5.97 Å². The number of carbonyl (C=O) groups excluding carboxylic acids is 1. The Morgan fingerprint density at radius 1 is 1.57 bits per heavy atom. The molecule has 0 saturated carbocycles. The first-order chi connectivity index (χ1) is 6.83. The van der Waals surface area contributed by atoms with Crippen molar-refractivity contribution in [1.29, 1.82) is 0 Å². The van der Waals surface area contributed by atoms with Crippen molar-refractivity contribution in [2.24, 2.45) is 0 Å². The van der Waals surface area contributed by atoms with Gasteiger partial charge in [-0.25, -0.2) is 0 Å². The fourth-order valence-electron chi connectivity index (χ4n) is 1.00. The molecule has 0 aliphatic rings. The summed E-state index contributed by atoms with van der Waals surface area (Å²) >= 11 is 0. The number of aromatic nitrogens is 1. The zero-order valence-corrected chi connectivity index (χ0v) is 7.98. The van der Waals surface area contributed by atoms with Crippen molar-refractivity contribution >= 4 is 5.97 Å². The summed E-state index contributed by atoms with van der Waals surface area (Å²) in [4.78, 5) is 15.2. The average Bonchev–Trinajstić information content (AvgIpc) is 2.25. The molecule has 1 rings (SSSR count). The molecule has 0 aliphatic heterocycles. The monoisotopic (exact) mass is 191 g/mol. The van der Waals surface area contributed by atoms with Gasteiger partial charge in [-0.3, -0.25) is 9.78 Å². The third-order valence-electron chi connectivity index (χ3n) is 1.67. The van der Waals surface area contributed by atoms with Crippen LogP contribution in [0.1, 0.15) is 12.1 Å². The summed E-state index contributed by atoms with van der Waals surface area (Å²) < 4.78 is 4.83. The zero-order chi connectivity index (χ0) is 10.2. The van der Waals surface area contributed by atoms with Crippen LogP contribution < -0.4 is 0 Å². The van der Waals surface area contributed by atoms with Crippen LogP contribution in [0, 0.1) is 0 Å². The van der Waals surface area contributed by atoms with Gasteiger partial charge in [-0.2, -0.15) is 0 Å². The summed E-state index contributed by atoms with van der Waals surface area (Å²) in [5, 5.41) is 0. The third-order valence-corrected chi connectivity index (χ3v) is 1.67. The first-order valence-corrected chi connectivity index (χ1v) is 4.49. The molecule has 14 heavy (non-hydrogen) atoms. The number of pyridine rings is 1. The number of rotatable bonds is 5. The van der Waals surface area contributed by atoms with Gasteiger partial charge in [-0.15, -0.1) is 0 Å². The van der Waals surface area contributed by atoms with Gasteiger partial charge in [-0.05, 0) is 12.1 Å². The SMILES string of the molecule is C=CCOC(=O)CCc1ccccn1. The quantitative estimate of drug-likeness (QED) is 0.525. The summed E-state index contributed by atoms with van der Waals surface area (Å²) in [5.74, 6) is -0.212. The van der Waals surface area contributed by atoms with Crippen molar-refractivity contribution in [1.82, 2.24) is 4.98 Å². The summed E-state index contributed by atoms with van der Waals surface area (Å²) in [5.41, 5.74) is 0.906. The maximum Gasteiger partial charge on any atom is 0.306 e. The maximum absolute atomic E-state index is 11.1. The number of nitrogens with zero attached hydrogens (tertiary/aromatic N) is 1. The molecular weight excluding hydrogens is 178 g/mol. The molecule has 0 amide bonds. The van der Waals surface area contributed by atoms with E-state index in [1.54, 1.807) is 12.3 Å². The van der Waals surface area contributed by atoms with Crippen molar-refractivity contribution in [2.75, 3.05) is 6.61 Å². The Morgan fingerprint density at radius 3 is 3.07 bits per heavy atom. The van der Waals surface area contributed by atoms with Crippen LogP contribution in [-0.4, -0.2) is 17.6 Å². The summed E-state index contributed by atoms with van der Waals surface area (Å²) in [6.45, 7) is 3.74. The summed E-state index contributed by atoms with van der Waals surface area (Å²) in [6, 6.07) is 5.64. The van der Waals surface area contributed by atoms with Gasteiger partial charge in [0.15, 0.2) is 0 Å². The van der Waals surface area contributed by atoms with Crippen LogP contribution in [0.15, 0.2) is 37.1 Å². The number of carbonyl (C=O) groups is 1. The lowest BCUT2D eigenvalue weighted by Gasteiger charge is -2.01. The molecule has 1 aromatic rings. The van der Waals surface area contributed by atoms with Crippen LogP contribution in [0.2, 0.25) is 0 Å². The van der Waals surface area contributed by atoms with E-state index >= 15 is 0 Å². The smallest absolute Gasteiger partial charge is 0.306 e. The van der Waals surface area contributed by atoms with E-state index in [2.05, 4.69) is 11.6 Å². The van der Waals surface area contributed by atoms with Crippen molar-refractivity contribution < 1.29 is 9.53 Å². The molecule has 1 heterocycles. The normalized spacial score (nSPS) is 9.43. The van der Waals surface area contributed by atoms with Crippen molar-refractivity contribution in [3.8, 4) is 0 Å². The van der Waals surface area contributed by atoms with Gasteiger partial charge in [0.05, 0.1) is 6.42 Å². The zero-order valence-electron chi connectivity index (χ0n) is 7.98. The molecule has 0 aliphatic carbocycles. The highest BCUT2D eigenvalue weighted by Gasteiger charge is 2.02. The highest BCUT2D eigenvalue weighted by molar-refractivity contribution is 5.69. The highest BCUT2D eigenvalue weighted by Crippen LogP contribution is 1.99. The van der Waals surface area contributed by atoms with Crippen molar-refractivity contribution in [2.45, 2.75) is 12.8 Å². The standard InChI is InChI=1S/C11H13NO2/c1-2-9-14-11(13)7-6-10-5-3-4-8-12-10/h2-5,8H,1,6-7,9H2. The first kappa shape index (κ1) is 10.4. The van der Waals surface area contributed by atoms with Gasteiger partial charge < -0.3 is 4.74 Å². The lowest BCUT2D eigenvalue weighted by Crippen LogP contribution is -2.06. The molecule has 0 saturated heterocycles. The third kappa shape index (κ3) is 3.85. The Morgan fingerprint density at radius 2 is 2.43 bits per heavy atom. The van der Waals surface area contributed by atoms with E-state index in [0.717, 1.165) is 5.69 Å². The maximum atomic E-state index is 11.1. The molecule has 0 spiro atoms. The molecule has 74 valence electrons. The van der Waals surface area contributed by atoms with E-state index in [1.807, 2.05) is 18.2 Å². The van der Waals surface area contributed by atoms with Gasteiger partial charge in [0, 0.05) is 18.3 Å². The Labute approximate surface area is 83.4 Å². The van der Waals surface area contributed by atoms with Crippen molar-refractivity contribution in [3.05, 3.63) is 42.7 Å². The lowest BCUT2D eigenvalue weighted by molar-refractivity contribution is -0.142. The number of hydrogen-bond donors (Lipinski definition) is 0. The second kappa shape index (κ2) is 5.91. The summed E-state index contributed by atoms with van der Waals surface area (Å²) in [7, 11) is 0. The molecule has 0 unspecified atom stereocenters. The van der Waals surface area contributed by atoms with E-state index in [4.69, 9.17) is 4.74 Å². The molecule has 0 fully saturated rings. The molecule has 0 aromatic carbocycles. The average molecular weight is 191 g/mol. The Balaban J connectivity index is 2.27. The second-order valence-electron chi connectivity index (χ2n) is 2.79. The molecule has 0 atom stereocenters. The lowest BCUT2D eigenvalue weighted by atomic mass is 10.2. The second-order valence-corrected chi connectivity index (χ2v) is 2.79. The molecule has 1 aromatic heterocycles. The minimum absolute atomic E-state index is 0.212. The summed E-state index contributed by atoms with van der Waals surface area (Å²) in [6.07, 6.45) is 4.25. The van der Waals surface area contributed by atoms with Crippen LogP contribution in [0.5, 0.6) is 0 Å². The largest absolute Gasteiger partial charge is 0.461 e. The fourth-order valence-corrected chi connectivity index (χ4v) is 1.00. The Kier molecular flexibility index (Phi) is 4.41. The molecule has 0 N–H and O–H groups in total. The van der Waals surface area contributed by atoms with Crippen molar-refractivity contribution in [3.63, 3.8) is 0 Å². The highest BCUT2D eigenvalue weighted by atomic mass is 16.5. The van der Waals surface area contributed by atoms with Gasteiger partial charge in [0.2, 0.25) is 0 Å². The number of ether oxygens (including phenoxy) is 1. The topological polar surface area (TPSA) is 39.2 Å². The fraction of sp³-hybridized carbons (Fsp3) is 0.273. The molecule has 3 heteroatoms. The number of hydrogen-bond acceptors (Lipinski definition) is 3. The van der Waals surface area contributed by atoms with Gasteiger partial charge in [0.25, 0.3) is 0 Å². The predicted octanol–water partition coefficient (Wildman–Crippen LogP) is 1.74. The Hall–Kier alpha value is -1.64. The van der Waals surface area contributed by atoms with E-state index in [0.29, 0.717) is 12.8 Å². The predicted molar refractivity (Wildman–Crippen MR) is 53.7 cm³/mol. The minimum atomic E-state index is -0.212. The van der Waals surface area contributed by atoms with E-state index in [9.17, 15) is 4.79 Å². The minimum Gasteiger partial charge on any atom is -0.461 e. The first-order valence-electron chi connectivity index (χ1n) is 4.49. The molecule has 0 radical (unpaired) electrons. The van der Waals surface area contributed by atoms with Gasteiger partial charge in [0.1, 0.15) is 6.61 Å². The van der Waals surface area contributed by atoms with E-state index in [1.165, 1.54) is 0 Å². The van der Waals surface area contributed by atoms with Crippen LogP contribution in [0.4, 0.5) is 0 Å². The van der Waals surface area contributed by atoms with E-state index in [-0.39, 0.29) is 12.6 Å². The van der Waals surface area contributed by atoms with Crippen LogP contribution in [0.25, 0.3) is 0 Å². The van der Waals surface area contributed by atoms with Crippen LogP contribution in [0.3, 0.4) is 0 Å². The Bertz CT molecular complexity index is 295. The molecular formula is C11H13NO2. The van der Waals surface area contributed by atoms with E-state index < -0.39 is 0 Å². The number of esters is 1. The van der Waals surface area contributed by atoms with Crippen LogP contribution in [-0.2, 0) is 16.0 Å². The molecule has 3 nitrogen and oxygen atoms in total. The van der Waals surface area contributed by atoms with Crippen LogP contribution >= 0.6 is 0 Å².